The van der Waals surface area contributed by atoms with Crippen LogP contribution in [0.5, 0.6) is 0 Å². The summed E-state index contributed by atoms with van der Waals surface area (Å²) in [5, 5.41) is 0.849. The maximum Gasteiger partial charge on any atom is 0.205 e. The summed E-state index contributed by atoms with van der Waals surface area (Å²) in [5.41, 5.74) is 7.49. The fraction of sp³-hybridized carbons (Fsp3) is 0.409. The Morgan fingerprint density at radius 2 is 2.15 bits per heavy atom. The highest BCUT2D eigenvalue weighted by molar-refractivity contribution is 6.32. The first-order chi connectivity index (χ1) is 12.4. The molecule has 1 atom stereocenters. The van der Waals surface area contributed by atoms with Crippen molar-refractivity contribution >= 4 is 23.0 Å². The Morgan fingerprint density at radius 1 is 1.38 bits per heavy atom. The number of allylic oxidation sites excluding steroid dienone is 1. The molecule has 1 heterocycles. The molecule has 0 spiro atoms. The predicted molar refractivity (Wildman–Crippen MR) is 110 cm³/mol. The van der Waals surface area contributed by atoms with Crippen molar-refractivity contribution < 1.29 is 4.74 Å². The maximum absolute atomic E-state index is 6.57. The zero-order chi connectivity index (χ0) is 18.8. The van der Waals surface area contributed by atoms with Crippen molar-refractivity contribution in [3.05, 3.63) is 64.0 Å². The summed E-state index contributed by atoms with van der Waals surface area (Å²) < 4.78 is 5.09. The lowest BCUT2D eigenvalue weighted by Gasteiger charge is -2.37. The summed E-state index contributed by atoms with van der Waals surface area (Å²) in [7, 11) is 1.60. The summed E-state index contributed by atoms with van der Waals surface area (Å²) >= 11 is 6.57. The number of nitrogens with zero attached hydrogens (tertiary/aromatic N) is 2. The van der Waals surface area contributed by atoms with Crippen LogP contribution in [0.25, 0.3) is 5.70 Å². The van der Waals surface area contributed by atoms with Crippen molar-refractivity contribution in [1.82, 2.24) is 4.90 Å². The van der Waals surface area contributed by atoms with Crippen molar-refractivity contribution in [1.29, 1.82) is 0 Å². The van der Waals surface area contributed by atoms with Gasteiger partial charge in [0.25, 0.3) is 0 Å². The van der Waals surface area contributed by atoms with E-state index in [1.807, 2.05) is 13.0 Å². The highest BCUT2D eigenvalue weighted by Gasteiger charge is 2.26. The second kappa shape index (κ2) is 7.71. The van der Waals surface area contributed by atoms with Crippen LogP contribution in [0.4, 0.5) is 0 Å². The van der Waals surface area contributed by atoms with Crippen LogP contribution in [0, 0.1) is 5.92 Å². The van der Waals surface area contributed by atoms with Gasteiger partial charge in [-0.1, -0.05) is 36.7 Å². The normalized spacial score (nSPS) is 20.7. The van der Waals surface area contributed by atoms with Crippen LogP contribution < -0.4 is 0 Å². The average molecular weight is 371 g/mol. The van der Waals surface area contributed by atoms with Crippen LogP contribution in [-0.4, -0.2) is 30.8 Å². The number of hydrogen-bond donors (Lipinski definition) is 0. The van der Waals surface area contributed by atoms with Crippen LogP contribution in [0.2, 0.25) is 5.02 Å². The van der Waals surface area contributed by atoms with Crippen molar-refractivity contribution in [2.45, 2.75) is 33.6 Å². The average Bonchev–Trinajstić information content (AvgIpc) is 2.60. The molecule has 3 nitrogen and oxygen atoms in total. The molecule has 3 rings (SSSR count). The van der Waals surface area contributed by atoms with Gasteiger partial charge in [-0.05, 0) is 62.0 Å². The summed E-state index contributed by atoms with van der Waals surface area (Å²) in [5.74, 6) is 0.977. The topological polar surface area (TPSA) is 24.8 Å². The van der Waals surface area contributed by atoms with E-state index in [9.17, 15) is 0 Å². The minimum Gasteiger partial charge on any atom is -0.481 e. The van der Waals surface area contributed by atoms with E-state index in [2.05, 4.69) is 48.5 Å². The summed E-state index contributed by atoms with van der Waals surface area (Å²) in [4.78, 5) is 6.91. The van der Waals surface area contributed by atoms with E-state index < -0.39 is 0 Å². The third-order valence-electron chi connectivity index (χ3n) is 5.22. The Kier molecular flexibility index (Phi) is 5.57. The Bertz CT molecular complexity index is 819. The Morgan fingerprint density at radius 3 is 2.85 bits per heavy atom. The number of methoxy groups -OCH3 is 1. The van der Waals surface area contributed by atoms with E-state index in [0.29, 0.717) is 11.8 Å². The number of hydrogen-bond acceptors (Lipinski definition) is 3. The Balaban J connectivity index is 1.90. The van der Waals surface area contributed by atoms with Gasteiger partial charge in [0.2, 0.25) is 5.88 Å². The van der Waals surface area contributed by atoms with Crippen molar-refractivity contribution in [2.75, 3.05) is 20.2 Å². The standard InChI is InChI=1S/C22H27ClN2O/c1-14-11-18-7-6-8-20(23)22(18)21(12-14)25-10-9-19(15(2)13-25)16(3)24-17(4)26-5/h6-8,12,14H,4,9-11,13H2,1-3,5H3/b24-16-. The SMILES string of the molecule is C=C(/N=C(/C)C1=C(C)CN(C2=CC(C)Cc3cccc(Cl)c32)CC1)OC. The zero-order valence-corrected chi connectivity index (χ0v) is 16.9. The van der Waals surface area contributed by atoms with Gasteiger partial charge in [0.05, 0.1) is 12.1 Å². The van der Waals surface area contributed by atoms with E-state index in [4.69, 9.17) is 16.3 Å². The van der Waals surface area contributed by atoms with Crippen molar-refractivity contribution in [3.63, 3.8) is 0 Å². The van der Waals surface area contributed by atoms with Gasteiger partial charge in [-0.15, -0.1) is 0 Å². The van der Waals surface area contributed by atoms with Crippen LogP contribution in [-0.2, 0) is 11.2 Å². The molecule has 2 aliphatic rings. The molecule has 138 valence electrons. The van der Waals surface area contributed by atoms with E-state index in [1.165, 1.54) is 28.0 Å². The number of ether oxygens (including phenoxy) is 1. The van der Waals surface area contributed by atoms with Gasteiger partial charge in [-0.2, -0.15) is 0 Å². The molecule has 26 heavy (non-hydrogen) atoms. The van der Waals surface area contributed by atoms with Crippen LogP contribution in [0.1, 0.15) is 38.3 Å². The monoisotopic (exact) mass is 370 g/mol. The summed E-state index contributed by atoms with van der Waals surface area (Å²) in [6.07, 6.45) is 4.39. The molecule has 0 N–H and O–H groups in total. The highest BCUT2D eigenvalue weighted by atomic mass is 35.5. The number of rotatable bonds is 4. The molecule has 1 aromatic rings. The highest BCUT2D eigenvalue weighted by Crippen LogP contribution is 2.38. The molecule has 0 saturated carbocycles. The molecule has 0 bridgehead atoms. The number of benzene rings is 1. The Labute approximate surface area is 161 Å². The summed E-state index contributed by atoms with van der Waals surface area (Å²) in [6.45, 7) is 12.2. The van der Waals surface area contributed by atoms with Crippen LogP contribution in [0.15, 0.2) is 52.9 Å². The number of aliphatic imine (C=N–C) groups is 1. The molecule has 4 heteroatoms. The molecule has 0 amide bonds. The maximum atomic E-state index is 6.57. The van der Waals surface area contributed by atoms with E-state index >= 15 is 0 Å². The molecule has 1 aromatic carbocycles. The van der Waals surface area contributed by atoms with E-state index in [-0.39, 0.29) is 0 Å². The fourth-order valence-corrected chi connectivity index (χ4v) is 4.26. The molecule has 0 fully saturated rings. The van der Waals surface area contributed by atoms with Gasteiger partial charge >= 0.3 is 0 Å². The van der Waals surface area contributed by atoms with Gasteiger partial charge in [-0.3, -0.25) is 0 Å². The molecule has 0 saturated heterocycles. The van der Waals surface area contributed by atoms with Crippen LogP contribution in [0.3, 0.4) is 0 Å². The van der Waals surface area contributed by atoms with Gasteiger partial charge in [0.1, 0.15) is 0 Å². The lowest BCUT2D eigenvalue weighted by molar-refractivity contribution is 0.290. The first-order valence-electron chi connectivity index (χ1n) is 9.12. The van der Waals surface area contributed by atoms with Gasteiger partial charge in [-0.25, -0.2) is 4.99 Å². The zero-order valence-electron chi connectivity index (χ0n) is 16.1. The smallest absolute Gasteiger partial charge is 0.205 e. The Hall–Kier alpha value is -2.00. The second-order valence-corrected chi connectivity index (χ2v) is 7.64. The lowest BCUT2D eigenvalue weighted by atomic mass is 9.87. The molecule has 0 radical (unpaired) electrons. The third-order valence-corrected chi connectivity index (χ3v) is 5.54. The lowest BCUT2D eigenvalue weighted by Crippen LogP contribution is -2.33. The van der Waals surface area contributed by atoms with Crippen molar-refractivity contribution in [2.24, 2.45) is 10.9 Å². The molecule has 1 aliphatic carbocycles. The molecule has 1 aliphatic heterocycles. The van der Waals surface area contributed by atoms with E-state index in [1.54, 1.807) is 7.11 Å². The second-order valence-electron chi connectivity index (χ2n) is 7.23. The minimum absolute atomic E-state index is 0.453. The van der Waals surface area contributed by atoms with Crippen molar-refractivity contribution in [3.8, 4) is 0 Å². The van der Waals surface area contributed by atoms with Gasteiger partial charge < -0.3 is 9.64 Å². The van der Waals surface area contributed by atoms with Gasteiger partial charge in [0, 0.05) is 30.1 Å². The number of halogens is 1. The fourth-order valence-electron chi connectivity index (χ4n) is 3.96. The largest absolute Gasteiger partial charge is 0.481 e. The molecule has 1 unspecified atom stereocenters. The molecule has 0 aromatic heterocycles. The molecular formula is C22H27ClN2O. The first kappa shape index (κ1) is 18.8. The number of fused-ring (bicyclic) bond motifs is 1. The quantitative estimate of drug-likeness (QED) is 0.518. The molecular weight excluding hydrogens is 344 g/mol. The third kappa shape index (κ3) is 3.73. The predicted octanol–water partition coefficient (Wildman–Crippen LogP) is 5.47. The minimum atomic E-state index is 0.453. The first-order valence-corrected chi connectivity index (χ1v) is 9.50. The van der Waals surface area contributed by atoms with E-state index in [0.717, 1.165) is 36.7 Å². The van der Waals surface area contributed by atoms with Crippen LogP contribution >= 0.6 is 11.6 Å². The van der Waals surface area contributed by atoms with Gasteiger partial charge in [0.15, 0.2) is 0 Å². The summed E-state index contributed by atoms with van der Waals surface area (Å²) in [6, 6.07) is 6.25.